The summed E-state index contributed by atoms with van der Waals surface area (Å²) in [6.07, 6.45) is 9.35. The van der Waals surface area contributed by atoms with Crippen LogP contribution in [-0.4, -0.2) is 33.5 Å². The number of aliphatic carboxylic acids is 1. The summed E-state index contributed by atoms with van der Waals surface area (Å²) >= 11 is 0. The van der Waals surface area contributed by atoms with Gasteiger partial charge >= 0.3 is 5.97 Å². The van der Waals surface area contributed by atoms with Gasteiger partial charge in [0.1, 0.15) is 5.41 Å². The molecule has 192 valence electrons. The summed E-state index contributed by atoms with van der Waals surface area (Å²) in [6.45, 7) is 16.4. The largest absolute Gasteiger partial charge is 0.481 e. The predicted molar refractivity (Wildman–Crippen MR) is 134 cm³/mol. The zero-order valence-corrected chi connectivity index (χ0v) is 22.6. The lowest BCUT2D eigenvalue weighted by atomic mass is 9.33. The predicted octanol–water partition coefficient (Wildman–Crippen LogP) is 6.20. The molecule has 0 aromatic rings. The van der Waals surface area contributed by atoms with Crippen molar-refractivity contribution in [2.45, 2.75) is 118 Å². The van der Waals surface area contributed by atoms with Crippen molar-refractivity contribution >= 4 is 5.97 Å². The van der Waals surface area contributed by atoms with Gasteiger partial charge in [0.05, 0.1) is 12.2 Å². The number of carboxylic acid groups (broad SMARTS) is 1. The lowest BCUT2D eigenvalue weighted by molar-refractivity contribution is -0.218. The number of allylic oxidation sites excluding steroid dienone is 2. The van der Waals surface area contributed by atoms with Crippen LogP contribution in [0.2, 0.25) is 0 Å². The van der Waals surface area contributed by atoms with Crippen molar-refractivity contribution < 1.29 is 20.1 Å². The molecule has 0 saturated heterocycles. The molecule has 5 aliphatic rings. The number of aliphatic hydroxyl groups is 2. The van der Waals surface area contributed by atoms with Crippen LogP contribution in [0.4, 0.5) is 0 Å². The number of hydrogen-bond donors (Lipinski definition) is 3. The van der Waals surface area contributed by atoms with Crippen molar-refractivity contribution in [3.63, 3.8) is 0 Å². The number of carbonyl (C=O) groups is 1. The Bertz CT molecular complexity index is 919. The molecule has 0 amide bonds. The van der Waals surface area contributed by atoms with E-state index in [2.05, 4.69) is 54.5 Å². The maximum Gasteiger partial charge on any atom is 0.312 e. The van der Waals surface area contributed by atoms with Crippen LogP contribution in [0.5, 0.6) is 0 Å². The van der Waals surface area contributed by atoms with Gasteiger partial charge in [0.25, 0.3) is 0 Å². The fourth-order valence-electron chi connectivity index (χ4n) is 10.7. The molecule has 4 fully saturated rings. The van der Waals surface area contributed by atoms with Gasteiger partial charge in [-0.2, -0.15) is 0 Å². The van der Waals surface area contributed by atoms with Crippen molar-refractivity contribution in [3.05, 3.63) is 11.6 Å². The summed E-state index contributed by atoms with van der Waals surface area (Å²) in [5, 5.41) is 33.1. The molecule has 5 rings (SSSR count). The lowest BCUT2D eigenvalue weighted by Gasteiger charge is -2.71. The zero-order chi connectivity index (χ0) is 25.1. The highest BCUT2D eigenvalue weighted by atomic mass is 16.4. The molecule has 3 N–H and O–H groups in total. The summed E-state index contributed by atoms with van der Waals surface area (Å²) in [5.41, 5.74) is 0.295. The monoisotopic (exact) mass is 472 g/mol. The Kier molecular flexibility index (Phi) is 5.20. The second-order valence-electron chi connectivity index (χ2n) is 15.2. The SMILES string of the molecule is CC1(C)CC[C@@]2(C(=O)O)C(C1)C1=CC[C@@H]3[C@@]4(C)CC[C@H](O)C(C)(C)C4CC[C@@]3(C)[C@]1(C)C[C@H]2O. The molecule has 0 aromatic carbocycles. The van der Waals surface area contributed by atoms with E-state index in [1.807, 2.05) is 0 Å². The second-order valence-corrected chi connectivity index (χ2v) is 15.2. The summed E-state index contributed by atoms with van der Waals surface area (Å²) in [6, 6.07) is 0. The molecule has 0 heterocycles. The van der Waals surface area contributed by atoms with E-state index in [0.29, 0.717) is 24.7 Å². The van der Waals surface area contributed by atoms with Gasteiger partial charge in [-0.3, -0.25) is 4.79 Å². The summed E-state index contributed by atoms with van der Waals surface area (Å²) < 4.78 is 0. The van der Waals surface area contributed by atoms with Crippen LogP contribution in [0.25, 0.3) is 0 Å². The zero-order valence-electron chi connectivity index (χ0n) is 22.6. The lowest BCUT2D eigenvalue weighted by Crippen LogP contribution is -2.67. The first-order chi connectivity index (χ1) is 15.6. The summed E-state index contributed by atoms with van der Waals surface area (Å²) in [4.78, 5) is 12.8. The smallest absolute Gasteiger partial charge is 0.312 e. The van der Waals surface area contributed by atoms with E-state index in [1.165, 1.54) is 5.57 Å². The molecule has 4 saturated carbocycles. The van der Waals surface area contributed by atoms with E-state index in [-0.39, 0.29) is 39.1 Å². The Morgan fingerprint density at radius 2 is 1.53 bits per heavy atom. The molecular formula is C30H48O4. The van der Waals surface area contributed by atoms with Crippen molar-refractivity contribution in [1.82, 2.24) is 0 Å². The van der Waals surface area contributed by atoms with Crippen LogP contribution in [0.3, 0.4) is 0 Å². The number of aliphatic hydroxyl groups excluding tert-OH is 2. The third-order valence-electron chi connectivity index (χ3n) is 13.1. The Labute approximate surface area is 206 Å². The summed E-state index contributed by atoms with van der Waals surface area (Å²) in [7, 11) is 0. The van der Waals surface area contributed by atoms with Gasteiger partial charge in [-0.15, -0.1) is 0 Å². The topological polar surface area (TPSA) is 77.8 Å². The third kappa shape index (κ3) is 2.82. The molecular weight excluding hydrogens is 424 g/mol. The minimum atomic E-state index is -1.04. The number of fused-ring (bicyclic) bond motifs is 7. The second kappa shape index (κ2) is 7.12. The third-order valence-corrected chi connectivity index (χ3v) is 13.1. The average molecular weight is 473 g/mol. The molecule has 4 nitrogen and oxygen atoms in total. The molecule has 9 atom stereocenters. The summed E-state index contributed by atoms with van der Waals surface area (Å²) in [5.74, 6) is 0.0888. The van der Waals surface area contributed by atoms with Gasteiger partial charge in [0.15, 0.2) is 0 Å². The van der Waals surface area contributed by atoms with Crippen LogP contribution in [0.15, 0.2) is 11.6 Å². The van der Waals surface area contributed by atoms with Crippen molar-refractivity contribution in [1.29, 1.82) is 0 Å². The van der Waals surface area contributed by atoms with E-state index in [0.717, 1.165) is 44.9 Å². The number of rotatable bonds is 1. The minimum absolute atomic E-state index is 0.0218. The first-order valence-electron chi connectivity index (χ1n) is 13.9. The average Bonchev–Trinajstić information content (AvgIpc) is 2.71. The quantitative estimate of drug-likeness (QED) is 0.397. The maximum absolute atomic E-state index is 12.8. The van der Waals surface area contributed by atoms with E-state index in [9.17, 15) is 20.1 Å². The molecule has 0 bridgehead atoms. The maximum atomic E-state index is 12.8. The Balaban J connectivity index is 1.63. The van der Waals surface area contributed by atoms with Crippen molar-refractivity contribution in [2.24, 2.45) is 50.2 Å². The fraction of sp³-hybridized carbons (Fsp3) is 0.900. The molecule has 0 spiro atoms. The molecule has 5 aliphatic carbocycles. The number of carboxylic acids is 1. The highest BCUT2D eigenvalue weighted by Crippen LogP contribution is 2.75. The van der Waals surface area contributed by atoms with E-state index in [4.69, 9.17) is 0 Å². The Morgan fingerprint density at radius 3 is 2.18 bits per heavy atom. The number of hydrogen-bond acceptors (Lipinski definition) is 3. The van der Waals surface area contributed by atoms with E-state index < -0.39 is 17.5 Å². The van der Waals surface area contributed by atoms with Gasteiger partial charge in [-0.05, 0) is 103 Å². The van der Waals surface area contributed by atoms with Gasteiger partial charge < -0.3 is 15.3 Å². The van der Waals surface area contributed by atoms with E-state index in [1.54, 1.807) is 0 Å². The highest BCUT2D eigenvalue weighted by molar-refractivity contribution is 5.77. The molecule has 2 unspecified atom stereocenters. The standard InChI is InChI=1S/C30H48O4/c1-25(2)14-15-30(24(33)34)19(16-25)18-8-9-21-27(5)12-11-22(31)26(3,4)20(27)10-13-28(21,6)29(18,7)17-23(30)32/h8,19-23,31-32H,9-17H2,1-7H3,(H,33,34)/t19?,20?,21-,22+,23-,27+,28-,29-,30-/m1/s1. The molecule has 34 heavy (non-hydrogen) atoms. The van der Waals surface area contributed by atoms with Crippen molar-refractivity contribution in [2.75, 3.05) is 0 Å². The minimum Gasteiger partial charge on any atom is -0.481 e. The fourth-order valence-corrected chi connectivity index (χ4v) is 10.7. The highest BCUT2D eigenvalue weighted by Gasteiger charge is 2.71. The van der Waals surface area contributed by atoms with Gasteiger partial charge in [-0.1, -0.05) is 60.1 Å². The van der Waals surface area contributed by atoms with Crippen LogP contribution in [0.1, 0.15) is 106 Å². The van der Waals surface area contributed by atoms with Gasteiger partial charge in [0, 0.05) is 0 Å². The Hall–Kier alpha value is -0.870. The first-order valence-corrected chi connectivity index (χ1v) is 13.9. The van der Waals surface area contributed by atoms with E-state index >= 15 is 0 Å². The van der Waals surface area contributed by atoms with Crippen LogP contribution >= 0.6 is 0 Å². The molecule has 0 radical (unpaired) electrons. The van der Waals surface area contributed by atoms with Crippen LogP contribution in [-0.2, 0) is 4.79 Å². The van der Waals surface area contributed by atoms with Crippen molar-refractivity contribution in [3.8, 4) is 0 Å². The van der Waals surface area contributed by atoms with Gasteiger partial charge in [0.2, 0.25) is 0 Å². The molecule has 0 aliphatic heterocycles. The molecule has 4 heteroatoms. The first kappa shape index (κ1) is 24.8. The van der Waals surface area contributed by atoms with Crippen LogP contribution < -0.4 is 0 Å². The Morgan fingerprint density at radius 1 is 0.853 bits per heavy atom. The normalized spacial score (nSPS) is 53.4. The van der Waals surface area contributed by atoms with Crippen LogP contribution in [0, 0.1) is 50.2 Å². The van der Waals surface area contributed by atoms with Gasteiger partial charge in [-0.25, -0.2) is 0 Å². The molecule has 0 aromatic heterocycles.